The molecule has 144 valence electrons. The zero-order chi connectivity index (χ0) is 20.2. The lowest BCUT2D eigenvalue weighted by Gasteiger charge is -2.29. The van der Waals surface area contributed by atoms with Gasteiger partial charge < -0.3 is 15.3 Å². The molecule has 0 aliphatic heterocycles. The fourth-order valence-electron chi connectivity index (χ4n) is 2.90. The molecule has 0 saturated carbocycles. The van der Waals surface area contributed by atoms with Crippen LogP contribution >= 0.6 is 0 Å². The van der Waals surface area contributed by atoms with Crippen molar-refractivity contribution in [3.05, 3.63) is 59.2 Å². The third-order valence-corrected chi connectivity index (χ3v) is 4.39. The number of carbonyl (C=O) groups is 2. The summed E-state index contributed by atoms with van der Waals surface area (Å²) in [5.41, 5.74) is 0.129. The average molecular weight is 373 g/mol. The minimum atomic E-state index is -1.82. The number of aromatic hydroxyl groups is 2. The van der Waals surface area contributed by atoms with Crippen molar-refractivity contribution in [3.63, 3.8) is 0 Å². The number of hydrogen-bond acceptors (Lipinski definition) is 6. The van der Waals surface area contributed by atoms with E-state index in [9.17, 15) is 30.1 Å². The molecule has 0 fully saturated rings. The molecule has 2 aromatic carbocycles. The van der Waals surface area contributed by atoms with Gasteiger partial charge in [-0.1, -0.05) is 37.3 Å². The van der Waals surface area contributed by atoms with Gasteiger partial charge in [0.15, 0.2) is 11.5 Å². The highest BCUT2D eigenvalue weighted by Crippen LogP contribution is 2.35. The molecule has 2 aromatic rings. The second-order valence-corrected chi connectivity index (χ2v) is 6.51. The number of benzene rings is 2. The van der Waals surface area contributed by atoms with Crippen LogP contribution in [-0.4, -0.2) is 44.3 Å². The first-order valence-corrected chi connectivity index (χ1v) is 8.48. The second kappa shape index (κ2) is 8.20. The molecule has 1 unspecified atom stereocenters. The van der Waals surface area contributed by atoms with E-state index in [0.29, 0.717) is 0 Å². The Bertz CT molecular complexity index is 848. The molecule has 0 heterocycles. The maximum Gasteiger partial charge on any atom is 0.313 e. The molecule has 1 amide bonds. The van der Waals surface area contributed by atoms with E-state index >= 15 is 0 Å². The number of likely N-dealkylation sites (N-methyl/N-ethyl adjacent to an activating group) is 1. The Morgan fingerprint density at radius 2 is 1.70 bits per heavy atom. The fraction of sp³-hybridized carbons (Fsp3) is 0.300. The highest BCUT2D eigenvalue weighted by molar-refractivity contribution is 6.35. The number of nitrogens with zero attached hydrogens (tertiary/aromatic N) is 1. The molecule has 4 N–H and O–H groups in total. The van der Waals surface area contributed by atoms with E-state index in [-0.39, 0.29) is 22.8 Å². The molecule has 0 radical (unpaired) electrons. The van der Waals surface area contributed by atoms with Gasteiger partial charge in [0.25, 0.3) is 0 Å². The Morgan fingerprint density at radius 3 is 2.30 bits per heavy atom. The van der Waals surface area contributed by atoms with Crippen molar-refractivity contribution in [1.82, 2.24) is 5.06 Å². The van der Waals surface area contributed by atoms with Crippen LogP contribution in [-0.2, 0) is 28.0 Å². The molecule has 0 spiro atoms. The summed E-state index contributed by atoms with van der Waals surface area (Å²) >= 11 is 0. The predicted molar refractivity (Wildman–Crippen MR) is 97.4 cm³/mol. The molecule has 1 atom stereocenters. The van der Waals surface area contributed by atoms with Gasteiger partial charge in [0.2, 0.25) is 5.78 Å². The number of Topliss-reactive ketones (excluding diaryl/α,β-unsaturated/α-hetero) is 1. The van der Waals surface area contributed by atoms with Crippen molar-refractivity contribution in [2.24, 2.45) is 0 Å². The SMILES string of the molecule is CCc1cccc(CC(O)(CC(=O)C(=O)N(C)O)c2ccc(O)c(O)c2)c1. The normalized spacial score (nSPS) is 13.0. The molecule has 0 aromatic heterocycles. The minimum absolute atomic E-state index is 0.000776. The average Bonchev–Trinajstić information content (AvgIpc) is 2.63. The first kappa shape index (κ1) is 20.4. The van der Waals surface area contributed by atoms with E-state index in [0.717, 1.165) is 30.7 Å². The molecule has 27 heavy (non-hydrogen) atoms. The van der Waals surface area contributed by atoms with Crippen molar-refractivity contribution in [3.8, 4) is 11.5 Å². The Hall–Kier alpha value is -2.90. The van der Waals surface area contributed by atoms with Crippen LogP contribution < -0.4 is 0 Å². The van der Waals surface area contributed by atoms with Crippen LogP contribution in [0.1, 0.15) is 30.0 Å². The van der Waals surface area contributed by atoms with E-state index in [1.165, 1.54) is 12.1 Å². The summed E-state index contributed by atoms with van der Waals surface area (Å²) in [5, 5.41) is 39.9. The monoisotopic (exact) mass is 373 g/mol. The van der Waals surface area contributed by atoms with Crippen LogP contribution in [0.5, 0.6) is 11.5 Å². The van der Waals surface area contributed by atoms with Gasteiger partial charge in [-0.2, -0.15) is 0 Å². The lowest BCUT2D eigenvalue weighted by atomic mass is 9.82. The van der Waals surface area contributed by atoms with Crippen LogP contribution in [0.15, 0.2) is 42.5 Å². The Kier molecular flexibility index (Phi) is 6.20. The maximum absolute atomic E-state index is 12.2. The Balaban J connectivity index is 2.44. The summed E-state index contributed by atoms with van der Waals surface area (Å²) in [6, 6.07) is 11.2. The summed E-state index contributed by atoms with van der Waals surface area (Å²) in [6.45, 7) is 1.99. The van der Waals surface area contributed by atoms with Crippen molar-refractivity contribution >= 4 is 11.7 Å². The molecule has 0 aliphatic rings. The number of phenols is 2. The first-order valence-electron chi connectivity index (χ1n) is 8.48. The standard InChI is InChI=1S/C20H23NO6/c1-3-13-5-4-6-14(9-13)11-20(26,12-18(24)19(25)21(2)27)15-7-8-16(22)17(23)10-15/h4-10,22-23,26-27H,3,11-12H2,1-2H3. The zero-order valence-electron chi connectivity index (χ0n) is 15.2. The second-order valence-electron chi connectivity index (χ2n) is 6.51. The highest BCUT2D eigenvalue weighted by Gasteiger charge is 2.36. The van der Waals surface area contributed by atoms with E-state index in [2.05, 4.69) is 0 Å². The van der Waals surface area contributed by atoms with E-state index in [4.69, 9.17) is 0 Å². The third kappa shape index (κ3) is 4.84. The molecule has 0 saturated heterocycles. The van der Waals surface area contributed by atoms with E-state index in [1.807, 2.05) is 25.1 Å². The lowest BCUT2D eigenvalue weighted by molar-refractivity contribution is -0.167. The largest absolute Gasteiger partial charge is 0.504 e. The maximum atomic E-state index is 12.2. The van der Waals surface area contributed by atoms with Gasteiger partial charge in [0, 0.05) is 19.9 Å². The Labute approximate surface area is 157 Å². The van der Waals surface area contributed by atoms with E-state index in [1.54, 1.807) is 6.07 Å². The number of rotatable bonds is 7. The molecule has 2 rings (SSSR count). The zero-order valence-corrected chi connectivity index (χ0v) is 15.2. The molecular weight excluding hydrogens is 350 g/mol. The first-order chi connectivity index (χ1) is 12.7. The van der Waals surface area contributed by atoms with Crippen LogP contribution in [0.2, 0.25) is 0 Å². The van der Waals surface area contributed by atoms with E-state index < -0.39 is 29.5 Å². The summed E-state index contributed by atoms with van der Waals surface area (Å²) in [4.78, 5) is 24.0. The number of carbonyl (C=O) groups excluding carboxylic acids is 2. The predicted octanol–water partition coefficient (Wildman–Crippen LogP) is 1.90. The number of hydroxylamine groups is 2. The van der Waals surface area contributed by atoms with Gasteiger partial charge in [0.1, 0.15) is 5.60 Å². The fourth-order valence-corrected chi connectivity index (χ4v) is 2.90. The number of amides is 1. The molecule has 7 nitrogen and oxygen atoms in total. The van der Waals surface area contributed by atoms with Crippen LogP contribution in [0.3, 0.4) is 0 Å². The highest BCUT2D eigenvalue weighted by atomic mass is 16.5. The van der Waals surface area contributed by atoms with Crippen molar-refractivity contribution < 1.29 is 30.1 Å². The van der Waals surface area contributed by atoms with Crippen molar-refractivity contribution in [2.75, 3.05) is 7.05 Å². The summed E-state index contributed by atoms with van der Waals surface area (Å²) in [5.74, 6) is -2.96. The van der Waals surface area contributed by atoms with Gasteiger partial charge in [0.05, 0.1) is 0 Å². The summed E-state index contributed by atoms with van der Waals surface area (Å²) in [6.07, 6.45) is 0.190. The molecule has 0 bridgehead atoms. The quantitative estimate of drug-likeness (QED) is 0.255. The summed E-state index contributed by atoms with van der Waals surface area (Å²) in [7, 11) is 1.02. The number of aliphatic hydroxyl groups is 1. The van der Waals surface area contributed by atoms with Crippen molar-refractivity contribution in [2.45, 2.75) is 31.8 Å². The van der Waals surface area contributed by atoms with Crippen LogP contribution in [0.25, 0.3) is 0 Å². The van der Waals surface area contributed by atoms with Gasteiger partial charge in [-0.3, -0.25) is 14.8 Å². The minimum Gasteiger partial charge on any atom is -0.504 e. The van der Waals surface area contributed by atoms with Gasteiger partial charge >= 0.3 is 5.91 Å². The topological polar surface area (TPSA) is 118 Å². The van der Waals surface area contributed by atoms with Crippen LogP contribution in [0.4, 0.5) is 0 Å². The third-order valence-electron chi connectivity index (χ3n) is 4.39. The Morgan fingerprint density at radius 1 is 1.04 bits per heavy atom. The van der Waals surface area contributed by atoms with Gasteiger partial charge in [-0.05, 0) is 35.2 Å². The number of hydrogen-bond donors (Lipinski definition) is 4. The molecular formula is C20H23NO6. The number of aryl methyl sites for hydroxylation is 1. The summed E-state index contributed by atoms with van der Waals surface area (Å²) < 4.78 is 0. The molecule has 0 aliphatic carbocycles. The van der Waals surface area contributed by atoms with Gasteiger partial charge in [-0.25, -0.2) is 5.06 Å². The molecule has 7 heteroatoms. The van der Waals surface area contributed by atoms with Gasteiger partial charge in [-0.15, -0.1) is 0 Å². The smallest absolute Gasteiger partial charge is 0.313 e. The number of phenolic OH excluding ortho intramolecular Hbond substituents is 2. The van der Waals surface area contributed by atoms with Crippen molar-refractivity contribution in [1.29, 1.82) is 0 Å². The number of ketones is 1. The lowest BCUT2D eigenvalue weighted by Crippen LogP contribution is -2.38. The van der Waals surface area contributed by atoms with Crippen LogP contribution in [0, 0.1) is 0 Å².